The Kier molecular flexibility index (Phi) is 10.3. The number of halogens is 1. The second-order valence-electron chi connectivity index (χ2n) is 12.1. The first-order valence-electron chi connectivity index (χ1n) is 15.8. The maximum atomic E-state index is 12.5. The van der Waals surface area contributed by atoms with Crippen molar-refractivity contribution in [2.75, 3.05) is 25.0 Å². The Hall–Kier alpha value is -3.76. The van der Waals surface area contributed by atoms with Crippen LogP contribution in [0.15, 0.2) is 103 Å². The molecular weight excluding hydrogens is 602 g/mol. The first kappa shape index (κ1) is 32.2. The number of aliphatic hydroxyl groups is 2. The third kappa shape index (κ3) is 8.14. The van der Waals surface area contributed by atoms with Crippen molar-refractivity contribution in [1.29, 1.82) is 0 Å². The molecule has 4 aromatic rings. The molecule has 9 heteroatoms. The Labute approximate surface area is 274 Å². The van der Waals surface area contributed by atoms with Crippen LogP contribution in [0.1, 0.15) is 59.5 Å². The topological polar surface area (TPSA) is 103 Å². The van der Waals surface area contributed by atoms with E-state index in [1.807, 2.05) is 103 Å². The summed E-state index contributed by atoms with van der Waals surface area (Å²) in [5.74, 6) is 0. The maximum absolute atomic E-state index is 12.5. The van der Waals surface area contributed by atoms with E-state index >= 15 is 0 Å². The molecule has 4 N–H and O–H groups in total. The van der Waals surface area contributed by atoms with Crippen LogP contribution < -0.4 is 10.6 Å². The largest absolute Gasteiger partial charge is 0.392 e. The number of anilines is 1. The van der Waals surface area contributed by atoms with Crippen LogP contribution in [0.5, 0.6) is 0 Å². The number of benzene rings is 4. The van der Waals surface area contributed by atoms with Gasteiger partial charge < -0.3 is 35.2 Å². The number of nitrogens with one attached hydrogen (secondary N) is 2. The average Bonchev–Trinajstić information content (AvgIpc) is 3.09. The predicted octanol–water partition coefficient (Wildman–Crippen LogP) is 6.68. The first-order valence-corrected chi connectivity index (χ1v) is 16.1. The molecule has 3 atom stereocenters. The second-order valence-corrected chi connectivity index (χ2v) is 12.5. The molecule has 2 saturated heterocycles. The highest BCUT2D eigenvalue weighted by Crippen LogP contribution is 2.39. The number of amides is 2. The minimum absolute atomic E-state index is 0.0117. The number of nitrogens with zero attached hydrogens (tertiary/aromatic N) is 1. The van der Waals surface area contributed by atoms with E-state index < -0.39 is 11.9 Å². The van der Waals surface area contributed by atoms with Gasteiger partial charge >= 0.3 is 6.03 Å². The lowest BCUT2D eigenvalue weighted by atomic mass is 9.84. The monoisotopic (exact) mass is 641 g/mol. The molecule has 2 aliphatic rings. The molecule has 0 aromatic heterocycles. The SMILES string of the molecule is O=C(NCc1ccccc1)Nc1ccc([C@H]2O[C@@H](CN3CCC(O)(c4ccc(Cl)cc4)CC3)C[C@@H](c3ccc(CO)cc3)O2)cc1. The van der Waals surface area contributed by atoms with Gasteiger partial charge in [-0.15, -0.1) is 0 Å². The van der Waals surface area contributed by atoms with Crippen molar-refractivity contribution < 1.29 is 24.5 Å². The smallest absolute Gasteiger partial charge is 0.319 e. The Balaban J connectivity index is 1.10. The van der Waals surface area contributed by atoms with Crippen LogP contribution in [0.4, 0.5) is 10.5 Å². The zero-order valence-corrected chi connectivity index (χ0v) is 26.4. The molecule has 0 bridgehead atoms. The van der Waals surface area contributed by atoms with Gasteiger partial charge in [0.2, 0.25) is 0 Å². The number of likely N-dealkylation sites (tertiary alicyclic amines) is 1. The van der Waals surface area contributed by atoms with Crippen molar-refractivity contribution >= 4 is 23.3 Å². The van der Waals surface area contributed by atoms with Gasteiger partial charge in [-0.1, -0.05) is 90.5 Å². The number of ether oxygens (including phenoxy) is 2. The van der Waals surface area contributed by atoms with Crippen LogP contribution in [0.25, 0.3) is 0 Å². The quantitative estimate of drug-likeness (QED) is 0.163. The molecule has 4 aromatic carbocycles. The third-order valence-electron chi connectivity index (χ3n) is 8.88. The van der Waals surface area contributed by atoms with E-state index in [1.54, 1.807) is 0 Å². The van der Waals surface area contributed by atoms with Gasteiger partial charge in [-0.25, -0.2) is 4.79 Å². The van der Waals surface area contributed by atoms with Gasteiger partial charge in [0.15, 0.2) is 6.29 Å². The van der Waals surface area contributed by atoms with Crippen LogP contribution in [0.2, 0.25) is 5.02 Å². The van der Waals surface area contributed by atoms with Gasteiger partial charge in [-0.2, -0.15) is 0 Å². The number of carbonyl (C=O) groups excluding carboxylic acids is 1. The van der Waals surface area contributed by atoms with E-state index in [2.05, 4.69) is 15.5 Å². The summed E-state index contributed by atoms with van der Waals surface area (Å²) in [6.45, 7) is 2.62. The van der Waals surface area contributed by atoms with Crippen molar-refractivity contribution in [2.45, 2.75) is 56.5 Å². The minimum Gasteiger partial charge on any atom is -0.392 e. The fraction of sp³-hybridized carbons (Fsp3) is 0.324. The zero-order valence-electron chi connectivity index (χ0n) is 25.6. The first-order chi connectivity index (χ1) is 22.4. The lowest BCUT2D eigenvalue weighted by molar-refractivity contribution is -0.253. The minimum atomic E-state index is -0.870. The van der Waals surface area contributed by atoms with Crippen molar-refractivity contribution in [1.82, 2.24) is 10.2 Å². The standard InChI is InChI=1S/C37H40ClN3O5/c38-31-14-12-30(13-15-31)37(44)18-20-41(21-19-37)24-33-22-34(28-8-6-27(25-42)7-9-28)46-35(45-33)29-10-16-32(17-11-29)40-36(43)39-23-26-4-2-1-3-5-26/h1-17,33-35,42,44H,18-25H2,(H2,39,40,43)/t33-,34+,35+/m1/s1. The summed E-state index contributed by atoms with van der Waals surface area (Å²) in [5.41, 5.74) is 4.45. The number of rotatable bonds is 9. The number of urea groups is 1. The molecule has 240 valence electrons. The summed E-state index contributed by atoms with van der Waals surface area (Å²) in [6.07, 6.45) is 1.02. The highest BCUT2D eigenvalue weighted by atomic mass is 35.5. The predicted molar refractivity (Wildman–Crippen MR) is 178 cm³/mol. The average molecular weight is 642 g/mol. The number of carbonyl (C=O) groups is 1. The van der Waals surface area contributed by atoms with Crippen LogP contribution in [-0.4, -0.2) is 46.9 Å². The Morgan fingerprint density at radius 3 is 2.20 bits per heavy atom. The molecule has 0 saturated carbocycles. The van der Waals surface area contributed by atoms with E-state index in [1.165, 1.54) is 0 Å². The normalized spacial score (nSPS) is 21.4. The Bertz CT molecular complexity index is 1560. The summed E-state index contributed by atoms with van der Waals surface area (Å²) in [6, 6.07) is 32.3. The van der Waals surface area contributed by atoms with E-state index in [4.69, 9.17) is 21.1 Å². The molecule has 2 amide bonds. The van der Waals surface area contributed by atoms with E-state index in [0.717, 1.165) is 40.9 Å². The second kappa shape index (κ2) is 14.8. The number of piperidine rings is 1. The highest BCUT2D eigenvalue weighted by Gasteiger charge is 2.37. The van der Waals surface area contributed by atoms with Crippen LogP contribution >= 0.6 is 11.6 Å². The van der Waals surface area contributed by atoms with E-state index in [9.17, 15) is 15.0 Å². The molecular formula is C37H40ClN3O5. The highest BCUT2D eigenvalue weighted by molar-refractivity contribution is 6.30. The molecule has 2 fully saturated rings. The summed E-state index contributed by atoms with van der Waals surface area (Å²) in [5, 5.41) is 27.3. The third-order valence-corrected chi connectivity index (χ3v) is 9.13. The number of hydrogen-bond donors (Lipinski definition) is 4. The molecule has 0 unspecified atom stereocenters. The van der Waals surface area contributed by atoms with Gasteiger partial charge in [0, 0.05) is 48.9 Å². The molecule has 0 aliphatic carbocycles. The van der Waals surface area contributed by atoms with Crippen LogP contribution in [0, 0.1) is 0 Å². The van der Waals surface area contributed by atoms with Crippen molar-refractivity contribution in [3.63, 3.8) is 0 Å². The lowest BCUT2D eigenvalue weighted by Gasteiger charge is -2.42. The van der Waals surface area contributed by atoms with Gasteiger partial charge in [-0.3, -0.25) is 0 Å². The summed E-state index contributed by atoms with van der Waals surface area (Å²) in [7, 11) is 0. The van der Waals surface area contributed by atoms with Gasteiger partial charge in [-0.05, 0) is 59.4 Å². The lowest BCUT2D eigenvalue weighted by Crippen LogP contribution is -2.46. The molecule has 46 heavy (non-hydrogen) atoms. The van der Waals surface area contributed by atoms with Crippen molar-refractivity contribution in [2.24, 2.45) is 0 Å². The fourth-order valence-corrected chi connectivity index (χ4v) is 6.28. The summed E-state index contributed by atoms with van der Waals surface area (Å²) < 4.78 is 13.1. The number of aliphatic hydroxyl groups excluding tert-OH is 1. The molecule has 8 nitrogen and oxygen atoms in total. The van der Waals surface area contributed by atoms with Gasteiger partial charge in [0.1, 0.15) is 0 Å². The Morgan fingerprint density at radius 2 is 1.52 bits per heavy atom. The van der Waals surface area contributed by atoms with Crippen LogP contribution in [-0.2, 0) is 28.2 Å². The van der Waals surface area contributed by atoms with Gasteiger partial charge in [0.05, 0.1) is 24.4 Å². The molecule has 0 spiro atoms. The van der Waals surface area contributed by atoms with Crippen molar-refractivity contribution in [3.05, 3.63) is 136 Å². The molecule has 0 radical (unpaired) electrons. The van der Waals surface area contributed by atoms with E-state index in [-0.39, 0.29) is 24.8 Å². The zero-order chi connectivity index (χ0) is 31.9. The summed E-state index contributed by atoms with van der Waals surface area (Å²) in [4.78, 5) is 14.8. The van der Waals surface area contributed by atoms with Gasteiger partial charge in [0.25, 0.3) is 0 Å². The maximum Gasteiger partial charge on any atom is 0.319 e. The molecule has 2 heterocycles. The summed E-state index contributed by atoms with van der Waals surface area (Å²) >= 11 is 6.07. The number of hydrogen-bond acceptors (Lipinski definition) is 6. The van der Waals surface area contributed by atoms with Crippen LogP contribution in [0.3, 0.4) is 0 Å². The Morgan fingerprint density at radius 1 is 0.848 bits per heavy atom. The molecule has 6 rings (SSSR count). The molecule has 2 aliphatic heterocycles. The van der Waals surface area contributed by atoms with Crippen molar-refractivity contribution in [3.8, 4) is 0 Å². The fourth-order valence-electron chi connectivity index (χ4n) is 6.15. The van der Waals surface area contributed by atoms with E-state index in [0.29, 0.717) is 43.1 Å².